The van der Waals surface area contributed by atoms with E-state index in [4.69, 9.17) is 9.47 Å². The molecule has 1 fully saturated rings. The van der Waals surface area contributed by atoms with Crippen LogP contribution in [0.3, 0.4) is 0 Å². The summed E-state index contributed by atoms with van der Waals surface area (Å²) in [6.45, 7) is 2.50. The van der Waals surface area contributed by atoms with Gasteiger partial charge in [0.1, 0.15) is 18.1 Å². The third-order valence-corrected chi connectivity index (χ3v) is 6.88. The number of pyridine rings is 1. The second kappa shape index (κ2) is 11.9. The van der Waals surface area contributed by atoms with Crippen molar-refractivity contribution < 1.29 is 29.0 Å². The van der Waals surface area contributed by atoms with E-state index in [2.05, 4.69) is 4.98 Å². The lowest BCUT2D eigenvalue weighted by Crippen LogP contribution is -2.29. The molecule has 1 atom stereocenters. The largest absolute Gasteiger partial charge is 0.507 e. The standard InChI is InChI=1S/C33H28N2O6/c1-21-5-3-6-22(17-21)20-41-27-14-12-25(13-15-27)30(36)28-29(24-8-10-26(11-9-24)33(39)40-2)35(32(38)31(28)37)19-23-7-4-16-34-18-23/h3-18,29,36H,19-20H2,1-2H3/b30-28+. The Morgan fingerprint density at radius 1 is 0.927 bits per heavy atom. The summed E-state index contributed by atoms with van der Waals surface area (Å²) in [5.74, 6) is -1.76. The molecule has 2 heterocycles. The predicted octanol–water partition coefficient (Wildman–Crippen LogP) is 5.38. The van der Waals surface area contributed by atoms with Crippen molar-refractivity contribution in [3.05, 3.63) is 136 Å². The Hall–Kier alpha value is -5.24. The molecule has 41 heavy (non-hydrogen) atoms. The van der Waals surface area contributed by atoms with Gasteiger partial charge in [-0.15, -0.1) is 0 Å². The van der Waals surface area contributed by atoms with Crippen LogP contribution in [0.4, 0.5) is 0 Å². The van der Waals surface area contributed by atoms with Crippen molar-refractivity contribution in [2.24, 2.45) is 0 Å². The fraction of sp³-hybridized carbons (Fsp3) is 0.152. The van der Waals surface area contributed by atoms with Gasteiger partial charge in [0.15, 0.2) is 0 Å². The maximum atomic E-state index is 13.4. The number of likely N-dealkylation sites (tertiary alicyclic amines) is 1. The first-order chi connectivity index (χ1) is 19.9. The molecule has 1 N–H and O–H groups in total. The molecule has 8 heteroatoms. The molecule has 0 aliphatic carbocycles. The van der Waals surface area contributed by atoms with Gasteiger partial charge in [-0.25, -0.2) is 4.79 Å². The van der Waals surface area contributed by atoms with Crippen LogP contribution in [0.1, 0.15) is 44.2 Å². The number of Topliss-reactive ketones (excluding diaryl/α,β-unsaturated/α-hetero) is 1. The van der Waals surface area contributed by atoms with Crippen molar-refractivity contribution >= 4 is 23.4 Å². The first-order valence-electron chi connectivity index (χ1n) is 13.0. The first kappa shape index (κ1) is 27.3. The van der Waals surface area contributed by atoms with E-state index in [1.54, 1.807) is 73.1 Å². The maximum absolute atomic E-state index is 13.4. The Bertz CT molecular complexity index is 1610. The normalized spacial score (nSPS) is 16.0. The van der Waals surface area contributed by atoms with Gasteiger partial charge in [-0.2, -0.15) is 0 Å². The second-order valence-electron chi connectivity index (χ2n) is 9.70. The van der Waals surface area contributed by atoms with E-state index < -0.39 is 23.7 Å². The van der Waals surface area contributed by atoms with Crippen molar-refractivity contribution in [1.29, 1.82) is 0 Å². The van der Waals surface area contributed by atoms with Crippen LogP contribution in [0.15, 0.2) is 103 Å². The number of carbonyl (C=O) groups is 3. The highest BCUT2D eigenvalue weighted by atomic mass is 16.5. The predicted molar refractivity (Wildman–Crippen MR) is 152 cm³/mol. The quantitative estimate of drug-likeness (QED) is 0.136. The van der Waals surface area contributed by atoms with Crippen LogP contribution in [0.25, 0.3) is 5.76 Å². The van der Waals surface area contributed by atoms with Crippen LogP contribution in [-0.2, 0) is 27.5 Å². The van der Waals surface area contributed by atoms with Gasteiger partial charge >= 0.3 is 5.97 Å². The minimum absolute atomic E-state index is 0.0434. The zero-order valence-electron chi connectivity index (χ0n) is 22.6. The fourth-order valence-corrected chi connectivity index (χ4v) is 4.83. The summed E-state index contributed by atoms with van der Waals surface area (Å²) >= 11 is 0. The van der Waals surface area contributed by atoms with E-state index in [1.807, 2.05) is 31.2 Å². The molecule has 1 aromatic heterocycles. The zero-order chi connectivity index (χ0) is 28.9. The average molecular weight is 549 g/mol. The monoisotopic (exact) mass is 548 g/mol. The van der Waals surface area contributed by atoms with Gasteiger partial charge in [-0.3, -0.25) is 14.6 Å². The Morgan fingerprint density at radius 3 is 2.29 bits per heavy atom. The zero-order valence-corrected chi connectivity index (χ0v) is 22.6. The molecule has 5 rings (SSSR count). The number of ketones is 1. The maximum Gasteiger partial charge on any atom is 0.337 e. The van der Waals surface area contributed by atoms with E-state index >= 15 is 0 Å². The third-order valence-electron chi connectivity index (χ3n) is 6.88. The van der Waals surface area contributed by atoms with Crippen LogP contribution in [0.5, 0.6) is 5.75 Å². The molecule has 1 unspecified atom stereocenters. The van der Waals surface area contributed by atoms with E-state index in [9.17, 15) is 19.5 Å². The Morgan fingerprint density at radius 2 is 1.63 bits per heavy atom. The number of aromatic nitrogens is 1. The molecule has 0 saturated carbocycles. The van der Waals surface area contributed by atoms with Crippen LogP contribution in [-0.4, -0.2) is 39.8 Å². The molecule has 1 aliphatic heterocycles. The van der Waals surface area contributed by atoms with Crippen LogP contribution in [0, 0.1) is 6.92 Å². The molecular formula is C33H28N2O6. The number of carbonyl (C=O) groups excluding carboxylic acids is 3. The highest BCUT2D eigenvalue weighted by Gasteiger charge is 2.46. The molecule has 0 spiro atoms. The summed E-state index contributed by atoms with van der Waals surface area (Å²) in [5, 5.41) is 11.4. The van der Waals surface area contributed by atoms with Gasteiger partial charge in [-0.05, 0) is 66.1 Å². The van der Waals surface area contributed by atoms with Crippen molar-refractivity contribution in [3.63, 3.8) is 0 Å². The molecule has 0 radical (unpaired) electrons. The van der Waals surface area contributed by atoms with E-state index in [0.29, 0.717) is 29.0 Å². The molecule has 3 aromatic carbocycles. The third kappa shape index (κ3) is 5.86. The number of nitrogens with zero attached hydrogens (tertiary/aromatic N) is 2. The highest BCUT2D eigenvalue weighted by molar-refractivity contribution is 6.46. The van der Waals surface area contributed by atoms with Gasteiger partial charge in [0.2, 0.25) is 0 Å². The number of benzene rings is 3. The van der Waals surface area contributed by atoms with Gasteiger partial charge in [-0.1, -0.05) is 48.0 Å². The first-order valence-corrected chi connectivity index (χ1v) is 13.0. The number of aliphatic hydroxyl groups is 1. The second-order valence-corrected chi connectivity index (χ2v) is 9.70. The lowest BCUT2D eigenvalue weighted by Gasteiger charge is -2.25. The summed E-state index contributed by atoms with van der Waals surface area (Å²) in [6.07, 6.45) is 3.24. The van der Waals surface area contributed by atoms with E-state index in [-0.39, 0.29) is 17.9 Å². The van der Waals surface area contributed by atoms with E-state index in [1.165, 1.54) is 12.0 Å². The number of hydrogen-bond acceptors (Lipinski definition) is 7. The molecule has 8 nitrogen and oxygen atoms in total. The van der Waals surface area contributed by atoms with Gasteiger partial charge in [0.05, 0.1) is 24.3 Å². The topological polar surface area (TPSA) is 106 Å². The summed E-state index contributed by atoms with van der Waals surface area (Å²) < 4.78 is 10.7. The number of ether oxygens (including phenoxy) is 2. The average Bonchev–Trinajstić information content (AvgIpc) is 3.25. The number of rotatable bonds is 8. The van der Waals surface area contributed by atoms with Crippen molar-refractivity contribution in [3.8, 4) is 5.75 Å². The molecule has 4 aromatic rings. The molecule has 1 aliphatic rings. The van der Waals surface area contributed by atoms with E-state index in [0.717, 1.165) is 16.7 Å². The highest BCUT2D eigenvalue weighted by Crippen LogP contribution is 2.40. The molecule has 1 amide bonds. The number of esters is 1. The Kier molecular flexibility index (Phi) is 7.92. The molecule has 0 bridgehead atoms. The number of aliphatic hydroxyl groups excluding tert-OH is 1. The van der Waals surface area contributed by atoms with Gasteiger partial charge in [0, 0.05) is 24.5 Å². The Balaban J connectivity index is 1.48. The minimum Gasteiger partial charge on any atom is -0.507 e. The number of methoxy groups -OCH3 is 1. The van der Waals surface area contributed by atoms with Crippen LogP contribution < -0.4 is 4.74 Å². The summed E-state index contributed by atoms with van der Waals surface area (Å²) in [4.78, 5) is 44.1. The van der Waals surface area contributed by atoms with Crippen LogP contribution in [0.2, 0.25) is 0 Å². The lowest BCUT2D eigenvalue weighted by molar-refractivity contribution is -0.140. The number of amides is 1. The van der Waals surface area contributed by atoms with Crippen LogP contribution >= 0.6 is 0 Å². The molecular weight excluding hydrogens is 520 g/mol. The Labute approximate surface area is 237 Å². The van der Waals surface area contributed by atoms with Crippen molar-refractivity contribution in [2.45, 2.75) is 26.1 Å². The number of aryl methyl sites for hydroxylation is 1. The fourth-order valence-electron chi connectivity index (χ4n) is 4.83. The smallest absolute Gasteiger partial charge is 0.337 e. The number of hydrogen-bond donors (Lipinski definition) is 1. The summed E-state index contributed by atoms with van der Waals surface area (Å²) in [6, 6.07) is 23.8. The summed E-state index contributed by atoms with van der Waals surface area (Å²) in [5.41, 5.74) is 4.09. The minimum atomic E-state index is -0.890. The summed E-state index contributed by atoms with van der Waals surface area (Å²) in [7, 11) is 1.29. The van der Waals surface area contributed by atoms with Gasteiger partial charge < -0.3 is 19.5 Å². The van der Waals surface area contributed by atoms with Gasteiger partial charge in [0.25, 0.3) is 11.7 Å². The molecule has 1 saturated heterocycles. The SMILES string of the molecule is COC(=O)c1ccc(C2/C(=C(\O)c3ccc(OCc4cccc(C)c4)cc3)C(=O)C(=O)N2Cc2cccnc2)cc1. The van der Waals surface area contributed by atoms with Crippen molar-refractivity contribution in [1.82, 2.24) is 9.88 Å². The van der Waals surface area contributed by atoms with Crippen molar-refractivity contribution in [2.75, 3.05) is 7.11 Å². The molecule has 206 valence electrons. The lowest BCUT2D eigenvalue weighted by atomic mass is 9.94.